The molecule has 0 spiro atoms. The summed E-state index contributed by atoms with van der Waals surface area (Å²) in [5, 5.41) is 5.02. The zero-order chi connectivity index (χ0) is 16.9. The van der Waals surface area contributed by atoms with E-state index in [1.165, 1.54) is 0 Å². The van der Waals surface area contributed by atoms with Crippen LogP contribution in [0.25, 0.3) is 5.70 Å². The molecule has 122 valence electrons. The van der Waals surface area contributed by atoms with E-state index in [9.17, 15) is 0 Å². The lowest BCUT2D eigenvalue weighted by Crippen LogP contribution is -2.24. The molecule has 3 rings (SSSR count). The van der Waals surface area contributed by atoms with Gasteiger partial charge in [-0.25, -0.2) is 4.99 Å². The molecule has 0 saturated heterocycles. The first-order chi connectivity index (χ1) is 11.7. The maximum Gasteiger partial charge on any atom is 0.162 e. The normalized spacial score (nSPS) is 16.8. The molecule has 2 aromatic rings. The van der Waals surface area contributed by atoms with Crippen LogP contribution >= 0.6 is 39.3 Å². The molecule has 5 heteroatoms. The van der Waals surface area contributed by atoms with Gasteiger partial charge in [-0.15, -0.1) is 6.58 Å². The van der Waals surface area contributed by atoms with Crippen molar-refractivity contribution in [1.29, 1.82) is 0 Å². The lowest BCUT2D eigenvalue weighted by atomic mass is 10.0. The van der Waals surface area contributed by atoms with Crippen molar-refractivity contribution in [1.82, 2.24) is 5.32 Å². The summed E-state index contributed by atoms with van der Waals surface area (Å²) < 4.78 is 1.06. The summed E-state index contributed by atoms with van der Waals surface area (Å²) in [6.45, 7) is 3.78. The molecule has 0 aliphatic carbocycles. The van der Waals surface area contributed by atoms with Crippen molar-refractivity contribution in [3.8, 4) is 0 Å². The summed E-state index contributed by atoms with van der Waals surface area (Å²) in [5.41, 5.74) is 3.16. The zero-order valence-electron chi connectivity index (χ0n) is 12.9. The van der Waals surface area contributed by atoms with E-state index >= 15 is 0 Å². The van der Waals surface area contributed by atoms with Crippen LogP contribution in [0.4, 0.5) is 0 Å². The molecule has 2 aromatic carbocycles. The van der Waals surface area contributed by atoms with E-state index < -0.39 is 0 Å². The van der Waals surface area contributed by atoms with Crippen molar-refractivity contribution in [2.45, 2.75) is 6.04 Å². The maximum atomic E-state index is 6.38. The smallest absolute Gasteiger partial charge is 0.162 e. The summed E-state index contributed by atoms with van der Waals surface area (Å²) in [5.74, 6) is 0.800. The highest BCUT2D eigenvalue weighted by atomic mass is 79.9. The number of nitrogens with one attached hydrogen (secondary N) is 1. The van der Waals surface area contributed by atoms with Gasteiger partial charge in [-0.1, -0.05) is 75.7 Å². The molecule has 2 nitrogen and oxygen atoms in total. The van der Waals surface area contributed by atoms with Gasteiger partial charge in [0.1, 0.15) is 0 Å². The van der Waals surface area contributed by atoms with Gasteiger partial charge in [0.25, 0.3) is 0 Å². The zero-order valence-corrected chi connectivity index (χ0v) is 16.0. The Hall–Kier alpha value is -1.49. The van der Waals surface area contributed by atoms with Crippen LogP contribution in [0.5, 0.6) is 0 Å². The molecular formula is C19H16BrClN2S. The van der Waals surface area contributed by atoms with E-state index in [1.54, 1.807) is 11.8 Å². The van der Waals surface area contributed by atoms with Crippen molar-refractivity contribution in [2.24, 2.45) is 4.99 Å². The Balaban J connectivity index is 1.98. The second kappa shape index (κ2) is 8.06. The number of rotatable bonds is 4. The molecule has 1 heterocycles. The molecule has 1 aliphatic heterocycles. The summed E-state index contributed by atoms with van der Waals surface area (Å²) in [7, 11) is 0. The molecule has 0 unspecified atom stereocenters. The fourth-order valence-corrected chi connectivity index (χ4v) is 3.55. The first-order valence-electron chi connectivity index (χ1n) is 7.48. The quantitative estimate of drug-likeness (QED) is 0.609. The van der Waals surface area contributed by atoms with Gasteiger partial charge in [0.2, 0.25) is 0 Å². The predicted molar refractivity (Wildman–Crippen MR) is 110 cm³/mol. The number of aliphatic imine (C=N–C) groups is 1. The van der Waals surface area contributed by atoms with E-state index in [2.05, 4.69) is 46.0 Å². The number of thioether (sulfide) groups is 1. The summed E-state index contributed by atoms with van der Waals surface area (Å²) in [6.07, 6.45) is 3.99. The predicted octanol–water partition coefficient (Wildman–Crippen LogP) is 6.06. The largest absolute Gasteiger partial charge is 0.335 e. The van der Waals surface area contributed by atoms with Crippen molar-refractivity contribution in [2.75, 3.05) is 5.75 Å². The summed E-state index contributed by atoms with van der Waals surface area (Å²) in [4.78, 5) is 4.79. The standard InChI is InChI=1S/C19H16BrClN2S/c1-2-11-24-19-22-17(13-7-9-14(20)10-8-13)12-18(23-19)15-5-3-4-6-16(15)21/h2-10,12,18H,1,11H2,(H,22,23)/t18-/m1/s1. The van der Waals surface area contributed by atoms with Gasteiger partial charge >= 0.3 is 0 Å². The van der Waals surface area contributed by atoms with Crippen molar-refractivity contribution < 1.29 is 0 Å². The molecule has 0 bridgehead atoms. The van der Waals surface area contributed by atoms with E-state index in [0.29, 0.717) is 0 Å². The third kappa shape index (κ3) is 4.12. The van der Waals surface area contributed by atoms with Gasteiger partial charge in [-0.2, -0.15) is 0 Å². The molecule has 0 aromatic heterocycles. The molecule has 0 saturated carbocycles. The van der Waals surface area contributed by atoms with Crippen LogP contribution in [0.2, 0.25) is 5.02 Å². The highest BCUT2D eigenvalue weighted by Gasteiger charge is 2.19. The van der Waals surface area contributed by atoms with Crippen molar-refractivity contribution >= 4 is 50.2 Å². The Morgan fingerprint density at radius 3 is 2.67 bits per heavy atom. The molecular weight excluding hydrogens is 404 g/mol. The Kier molecular flexibility index (Phi) is 5.82. The topological polar surface area (TPSA) is 24.4 Å². The van der Waals surface area contributed by atoms with E-state index in [-0.39, 0.29) is 6.04 Å². The van der Waals surface area contributed by atoms with Crippen LogP contribution < -0.4 is 5.32 Å². The molecule has 1 N–H and O–H groups in total. The molecule has 1 atom stereocenters. The highest BCUT2D eigenvalue weighted by molar-refractivity contribution is 9.10. The molecule has 0 fully saturated rings. The Bertz CT molecular complexity index is 799. The SMILES string of the molecule is C=CCSC1=N[C@@H](c2ccccc2Cl)C=C(c2ccc(Br)cc2)N1. The third-order valence-electron chi connectivity index (χ3n) is 3.54. The van der Waals surface area contributed by atoms with Crippen LogP contribution in [0.1, 0.15) is 17.2 Å². The molecule has 24 heavy (non-hydrogen) atoms. The number of amidine groups is 1. The summed E-state index contributed by atoms with van der Waals surface area (Å²) >= 11 is 11.5. The minimum Gasteiger partial charge on any atom is -0.335 e. The molecule has 1 aliphatic rings. The van der Waals surface area contributed by atoms with Crippen LogP contribution in [0, 0.1) is 0 Å². The Morgan fingerprint density at radius 1 is 1.21 bits per heavy atom. The Labute approximate surface area is 159 Å². The van der Waals surface area contributed by atoms with Gasteiger partial charge < -0.3 is 5.32 Å². The van der Waals surface area contributed by atoms with Gasteiger partial charge in [0.05, 0.1) is 6.04 Å². The lowest BCUT2D eigenvalue weighted by Gasteiger charge is -2.23. The van der Waals surface area contributed by atoms with E-state index in [1.807, 2.05) is 42.5 Å². The number of benzene rings is 2. The molecule has 0 radical (unpaired) electrons. The second-order valence-electron chi connectivity index (χ2n) is 5.21. The maximum absolute atomic E-state index is 6.38. The van der Waals surface area contributed by atoms with Crippen LogP contribution in [-0.2, 0) is 0 Å². The van der Waals surface area contributed by atoms with Crippen molar-refractivity contribution in [3.63, 3.8) is 0 Å². The molecule has 0 amide bonds. The first kappa shape index (κ1) is 17.3. The number of halogens is 2. The van der Waals surface area contributed by atoms with E-state index in [0.717, 1.165) is 37.2 Å². The monoisotopic (exact) mass is 418 g/mol. The van der Waals surface area contributed by atoms with Gasteiger partial charge in [-0.05, 0) is 35.4 Å². The van der Waals surface area contributed by atoms with Crippen LogP contribution in [0.15, 0.2) is 76.7 Å². The van der Waals surface area contributed by atoms with Gasteiger partial charge in [0.15, 0.2) is 5.17 Å². The average Bonchev–Trinajstić information content (AvgIpc) is 2.60. The third-order valence-corrected chi connectivity index (χ3v) is 5.30. The minimum absolute atomic E-state index is 0.106. The minimum atomic E-state index is -0.106. The average molecular weight is 420 g/mol. The van der Waals surface area contributed by atoms with Gasteiger partial charge in [-0.3, -0.25) is 0 Å². The number of hydrogen-bond acceptors (Lipinski definition) is 3. The Morgan fingerprint density at radius 2 is 1.96 bits per heavy atom. The number of nitrogens with zero attached hydrogens (tertiary/aromatic N) is 1. The number of hydrogen-bond donors (Lipinski definition) is 1. The van der Waals surface area contributed by atoms with E-state index in [4.69, 9.17) is 16.6 Å². The van der Waals surface area contributed by atoms with Crippen molar-refractivity contribution in [3.05, 3.63) is 87.9 Å². The first-order valence-corrected chi connectivity index (χ1v) is 9.64. The second-order valence-corrected chi connectivity index (χ2v) is 7.54. The van der Waals surface area contributed by atoms with Gasteiger partial charge in [0, 0.05) is 20.9 Å². The van der Waals surface area contributed by atoms with Crippen LogP contribution in [-0.4, -0.2) is 10.9 Å². The lowest BCUT2D eigenvalue weighted by molar-refractivity contribution is 0.888. The highest BCUT2D eigenvalue weighted by Crippen LogP contribution is 2.32. The summed E-state index contributed by atoms with van der Waals surface area (Å²) in [6, 6.07) is 16.0. The van der Waals surface area contributed by atoms with Crippen LogP contribution in [0.3, 0.4) is 0 Å². The fourth-order valence-electron chi connectivity index (χ4n) is 2.39. The fraction of sp³-hybridized carbons (Fsp3) is 0.105.